The molecule has 1 N–H and O–H groups in total. The summed E-state index contributed by atoms with van der Waals surface area (Å²) in [7, 11) is -2.32. The van der Waals surface area contributed by atoms with Crippen molar-refractivity contribution in [3.8, 4) is 28.8 Å². The van der Waals surface area contributed by atoms with Gasteiger partial charge in [0.1, 0.15) is 23.2 Å². The topological polar surface area (TPSA) is 180 Å². The molecule has 15 heteroatoms. The fourth-order valence-electron chi connectivity index (χ4n) is 9.09. The molecule has 3 fully saturated rings. The molecule has 1 aromatic heterocycles. The summed E-state index contributed by atoms with van der Waals surface area (Å²) in [5, 5.41) is -0.0283. The number of methoxy groups -OCH3 is 1. The van der Waals surface area contributed by atoms with Gasteiger partial charge in [0.2, 0.25) is 27.7 Å². The van der Waals surface area contributed by atoms with Gasteiger partial charge in [-0.3, -0.25) is 23.9 Å². The first-order chi connectivity index (χ1) is 29.7. The van der Waals surface area contributed by atoms with Gasteiger partial charge in [-0.05, 0) is 127 Å². The molecule has 3 aromatic rings. The Bertz CT molecular complexity index is 2360. The van der Waals surface area contributed by atoms with Crippen molar-refractivity contribution in [3.05, 3.63) is 54.6 Å². The van der Waals surface area contributed by atoms with Crippen molar-refractivity contribution in [1.82, 2.24) is 19.6 Å². The van der Waals surface area contributed by atoms with Gasteiger partial charge < -0.3 is 23.8 Å². The number of rotatable bonds is 11. The number of hydrogen-bond acceptors (Lipinski definition) is 12. The quantitative estimate of drug-likeness (QED) is 0.149. The van der Waals surface area contributed by atoms with Crippen LogP contribution in [0.2, 0.25) is 0 Å². The SMILES string of the molecule is COc1ccc2c(O[C@@H]3C[C@H]4C(=O)C[C@]5(C(=O)NS(=O)(=O)C6CC6)C[C@H]5/C=C\CC[C@H](C)C[C@@H](C)[C@H](CC(=O)OC(C)(C)C)C(=O)N4C3)nc(-c3ccc(OC(C)C)cc3)nc2c1. The number of esters is 1. The summed E-state index contributed by atoms with van der Waals surface area (Å²) in [6.45, 7) is 13.3. The summed E-state index contributed by atoms with van der Waals surface area (Å²) in [4.78, 5) is 68.7. The second kappa shape index (κ2) is 18.2. The van der Waals surface area contributed by atoms with Crippen LogP contribution in [-0.2, 0) is 33.9 Å². The van der Waals surface area contributed by atoms with Crippen LogP contribution < -0.4 is 18.9 Å². The highest BCUT2D eigenvalue weighted by atomic mass is 32.2. The molecule has 2 aliphatic heterocycles. The van der Waals surface area contributed by atoms with Crippen LogP contribution in [0.15, 0.2) is 54.6 Å². The predicted molar refractivity (Wildman–Crippen MR) is 237 cm³/mol. The maximum absolute atomic E-state index is 15.1. The lowest BCUT2D eigenvalue weighted by Gasteiger charge is -2.32. The van der Waals surface area contributed by atoms with Crippen LogP contribution in [0, 0.1) is 29.1 Å². The summed E-state index contributed by atoms with van der Waals surface area (Å²) in [6, 6.07) is 11.7. The predicted octanol–water partition coefficient (Wildman–Crippen LogP) is 7.38. The lowest BCUT2D eigenvalue weighted by atomic mass is 9.82. The molecular formula is C48H62N4O10S. The monoisotopic (exact) mass is 886 g/mol. The molecule has 2 amide bonds. The van der Waals surface area contributed by atoms with Gasteiger partial charge in [0.05, 0.1) is 59.7 Å². The molecule has 1 saturated heterocycles. The Hall–Kier alpha value is -5.05. The Balaban J connectivity index is 1.25. The van der Waals surface area contributed by atoms with Crippen LogP contribution in [0.1, 0.15) is 106 Å². The second-order valence-electron chi connectivity index (χ2n) is 19.4. The maximum atomic E-state index is 15.1. The first-order valence-electron chi connectivity index (χ1n) is 22.3. The minimum Gasteiger partial charge on any atom is -0.497 e. The number of carbonyl (C=O) groups is 4. The van der Waals surface area contributed by atoms with Crippen molar-refractivity contribution >= 4 is 44.5 Å². The fraction of sp³-hybridized carbons (Fsp3) is 0.583. The smallest absolute Gasteiger partial charge is 0.307 e. The highest BCUT2D eigenvalue weighted by Gasteiger charge is 2.61. The van der Waals surface area contributed by atoms with Crippen molar-refractivity contribution in [3.63, 3.8) is 0 Å². The molecule has 0 radical (unpaired) electrons. The number of nitrogens with zero attached hydrogens (tertiary/aromatic N) is 3. The first-order valence-corrected chi connectivity index (χ1v) is 23.9. The molecule has 2 aliphatic carbocycles. The Morgan fingerprint density at radius 3 is 2.37 bits per heavy atom. The first kappa shape index (κ1) is 46.0. The van der Waals surface area contributed by atoms with E-state index in [0.717, 1.165) is 6.42 Å². The van der Waals surface area contributed by atoms with E-state index >= 15 is 4.79 Å². The Morgan fingerprint density at radius 1 is 0.984 bits per heavy atom. The number of hydrogen-bond donors (Lipinski definition) is 1. The van der Waals surface area contributed by atoms with E-state index in [9.17, 15) is 22.8 Å². The van der Waals surface area contributed by atoms with Gasteiger partial charge in [0.15, 0.2) is 11.6 Å². The van der Waals surface area contributed by atoms with E-state index in [0.29, 0.717) is 65.9 Å². The van der Waals surface area contributed by atoms with E-state index in [2.05, 4.69) is 11.6 Å². The molecule has 63 heavy (non-hydrogen) atoms. The van der Waals surface area contributed by atoms with Crippen molar-refractivity contribution in [1.29, 1.82) is 0 Å². The van der Waals surface area contributed by atoms with E-state index < -0.39 is 56.2 Å². The van der Waals surface area contributed by atoms with Gasteiger partial charge >= 0.3 is 5.97 Å². The molecule has 4 aliphatic rings. The number of carbonyl (C=O) groups excluding carboxylic acids is 4. The molecule has 2 saturated carbocycles. The molecular weight excluding hydrogens is 825 g/mol. The van der Waals surface area contributed by atoms with Crippen molar-refractivity contribution in [2.75, 3.05) is 13.7 Å². The zero-order valence-electron chi connectivity index (χ0n) is 37.7. The highest BCUT2D eigenvalue weighted by molar-refractivity contribution is 7.90. The molecule has 14 nitrogen and oxygen atoms in total. The second-order valence-corrected chi connectivity index (χ2v) is 21.4. The lowest BCUT2D eigenvalue weighted by Crippen LogP contribution is -2.47. The standard InChI is InChI=1S/C48H62N4O10S/c1-28(2)60-33-15-13-31(14-16-33)43-49-39-22-34(59-8)17-20-37(39)44(50-43)61-35-23-40-41(53)26-48(46(56)51-63(57,58)36-18-19-36)25-32(48)12-10-9-11-29(3)21-30(4)38(45(55)52(40)27-35)24-42(54)62-47(5,6)7/h10,12-17,20,22,28-30,32,35-36,38,40H,9,11,18-19,21,23-27H2,1-8H3,(H,51,56)/b12-10-/t29-,30+,32+,35+,38-,40-,48+/m0/s1. The number of aromatic nitrogens is 2. The van der Waals surface area contributed by atoms with Crippen LogP contribution in [0.5, 0.6) is 17.4 Å². The van der Waals surface area contributed by atoms with Crippen LogP contribution in [0.3, 0.4) is 0 Å². The maximum Gasteiger partial charge on any atom is 0.307 e. The van der Waals surface area contributed by atoms with Gasteiger partial charge in [0.25, 0.3) is 0 Å². The summed E-state index contributed by atoms with van der Waals surface area (Å²) in [5.41, 5.74) is -0.799. The van der Waals surface area contributed by atoms with Crippen LogP contribution in [0.25, 0.3) is 22.3 Å². The number of ketones is 1. The molecule has 3 heterocycles. The minimum atomic E-state index is -3.89. The van der Waals surface area contributed by atoms with Crippen LogP contribution in [-0.4, -0.2) is 89.6 Å². The Kier molecular flexibility index (Phi) is 13.3. The molecule has 7 atom stereocenters. The number of benzene rings is 2. The number of Topliss-reactive ketones (excluding diaryl/α,β-unsaturated/α-hetero) is 1. The molecule has 340 valence electrons. The van der Waals surface area contributed by atoms with Gasteiger partial charge in [0, 0.05) is 24.5 Å². The lowest BCUT2D eigenvalue weighted by molar-refractivity contribution is -0.160. The van der Waals surface area contributed by atoms with Gasteiger partial charge in [-0.25, -0.2) is 13.4 Å². The third kappa shape index (κ3) is 10.8. The number of nitrogens with one attached hydrogen (secondary N) is 1. The number of ether oxygens (including phenoxy) is 4. The van der Waals surface area contributed by atoms with E-state index in [1.54, 1.807) is 46.1 Å². The van der Waals surface area contributed by atoms with E-state index in [1.807, 2.05) is 57.2 Å². The van der Waals surface area contributed by atoms with Gasteiger partial charge in [-0.15, -0.1) is 0 Å². The van der Waals surface area contributed by atoms with E-state index in [4.69, 9.17) is 28.9 Å². The zero-order chi connectivity index (χ0) is 45.4. The third-order valence-corrected chi connectivity index (χ3v) is 14.4. The number of amides is 2. The summed E-state index contributed by atoms with van der Waals surface area (Å²) in [5.74, 6) is -1.27. The largest absolute Gasteiger partial charge is 0.497 e. The van der Waals surface area contributed by atoms with E-state index in [-0.39, 0.29) is 67.2 Å². The third-order valence-electron chi connectivity index (χ3n) is 12.6. The van der Waals surface area contributed by atoms with Gasteiger partial charge in [-0.2, -0.15) is 4.98 Å². The van der Waals surface area contributed by atoms with Crippen LogP contribution >= 0.6 is 0 Å². The molecule has 0 unspecified atom stereocenters. The van der Waals surface area contributed by atoms with Crippen molar-refractivity contribution in [2.45, 2.75) is 135 Å². The van der Waals surface area contributed by atoms with Crippen LogP contribution in [0.4, 0.5) is 0 Å². The number of allylic oxidation sites excluding steroid dienone is 2. The van der Waals surface area contributed by atoms with Crippen molar-refractivity contribution < 1.29 is 46.5 Å². The molecule has 7 rings (SSSR count). The van der Waals surface area contributed by atoms with Gasteiger partial charge in [-0.1, -0.05) is 26.0 Å². The Labute approximate surface area is 370 Å². The normalized spacial score (nSPS) is 27.4. The molecule has 0 spiro atoms. The molecule has 2 aromatic carbocycles. The highest BCUT2D eigenvalue weighted by Crippen LogP contribution is 2.57. The fourth-order valence-corrected chi connectivity index (χ4v) is 10.5. The van der Waals surface area contributed by atoms with E-state index in [1.165, 1.54) is 4.90 Å². The molecule has 0 bridgehead atoms. The average Bonchev–Trinajstić information content (AvgIpc) is 4.14. The number of fused-ring (bicyclic) bond motifs is 3. The average molecular weight is 887 g/mol. The van der Waals surface area contributed by atoms with Crippen molar-refractivity contribution in [2.24, 2.45) is 29.1 Å². The number of sulfonamides is 1. The zero-order valence-corrected chi connectivity index (χ0v) is 38.5. The summed E-state index contributed by atoms with van der Waals surface area (Å²) < 4.78 is 52.3. The summed E-state index contributed by atoms with van der Waals surface area (Å²) >= 11 is 0. The summed E-state index contributed by atoms with van der Waals surface area (Å²) in [6.07, 6.45) is 6.27. The Morgan fingerprint density at radius 2 is 1.70 bits per heavy atom. The minimum absolute atomic E-state index is 0.000852.